The summed E-state index contributed by atoms with van der Waals surface area (Å²) in [6, 6.07) is 2.49. The molecule has 0 unspecified atom stereocenters. The van der Waals surface area contributed by atoms with E-state index in [4.69, 9.17) is 8.85 Å². The van der Waals surface area contributed by atoms with E-state index in [-0.39, 0.29) is 24.8 Å². The zero-order chi connectivity index (χ0) is 25.9. The van der Waals surface area contributed by atoms with Crippen molar-refractivity contribution in [2.24, 2.45) is 0 Å². The molecule has 0 saturated carbocycles. The molecule has 0 spiro atoms. The van der Waals surface area contributed by atoms with Crippen LogP contribution in [0.1, 0.15) is 26.7 Å². The summed E-state index contributed by atoms with van der Waals surface area (Å²) in [5.41, 5.74) is 0. The van der Waals surface area contributed by atoms with Gasteiger partial charge < -0.3 is 24.8 Å². The van der Waals surface area contributed by atoms with Crippen LogP contribution in [0.15, 0.2) is 41.3 Å². The molecule has 0 atom stereocenters. The van der Waals surface area contributed by atoms with E-state index in [2.05, 4.69) is 104 Å². The fourth-order valence-corrected chi connectivity index (χ4v) is 18.6. The second-order valence-electron chi connectivity index (χ2n) is 13.6. The molecule has 2 rings (SSSR count). The Hall–Kier alpha value is 1.08. The van der Waals surface area contributed by atoms with Crippen molar-refractivity contribution in [1.29, 1.82) is 0 Å². The quantitative estimate of drug-likeness (QED) is 0.295. The average molecular weight is 683 g/mol. The number of halogens is 2. The van der Waals surface area contributed by atoms with Crippen LogP contribution in [-0.4, -0.2) is 49.2 Å². The molecule has 0 aromatic carbocycles. The van der Waals surface area contributed by atoms with Crippen LogP contribution >= 0.6 is 0 Å². The minimum Gasteiger partial charge on any atom is -1.00 e. The molecule has 9 heteroatoms. The SMILES string of the molecule is C[C](C)=[Zr+2]([C]1=CC([Si](C)(C)CCO[Si](C)(C)C)=CC1)[C]1=CC([Si](C)(C)CCO[Si](C)(C)C)=CC1.[Cl-].[Cl-]. The van der Waals surface area contributed by atoms with Gasteiger partial charge in [0.05, 0.1) is 0 Å². The van der Waals surface area contributed by atoms with E-state index in [1.807, 2.05) is 6.56 Å². The third-order valence-corrected chi connectivity index (χ3v) is 23.2. The summed E-state index contributed by atoms with van der Waals surface area (Å²) in [5, 5.41) is 3.37. The molecule has 0 saturated heterocycles. The van der Waals surface area contributed by atoms with Gasteiger partial charge in [-0.1, -0.05) is 0 Å². The van der Waals surface area contributed by atoms with Crippen LogP contribution in [0.25, 0.3) is 0 Å². The fourth-order valence-electron chi connectivity index (χ4n) is 4.70. The van der Waals surface area contributed by atoms with Crippen LogP contribution in [0.2, 0.25) is 77.6 Å². The first-order valence-corrected chi connectivity index (χ1v) is 30.1. The maximum absolute atomic E-state index is 6.22. The molecule has 0 radical (unpaired) electrons. The van der Waals surface area contributed by atoms with Gasteiger partial charge in [0.2, 0.25) is 0 Å². The molecule has 2 nitrogen and oxygen atoms in total. The predicted molar refractivity (Wildman–Crippen MR) is 161 cm³/mol. The zero-order valence-electron chi connectivity index (χ0n) is 25.1. The summed E-state index contributed by atoms with van der Waals surface area (Å²) in [6.07, 6.45) is 12.9. The summed E-state index contributed by atoms with van der Waals surface area (Å²) in [4.78, 5) is 0. The Morgan fingerprint density at radius 1 is 0.667 bits per heavy atom. The molecule has 0 aliphatic heterocycles. The van der Waals surface area contributed by atoms with Gasteiger partial charge in [-0.15, -0.1) is 0 Å². The first-order chi connectivity index (χ1) is 15.4. The van der Waals surface area contributed by atoms with Crippen molar-refractivity contribution in [3.05, 3.63) is 41.3 Å². The third kappa shape index (κ3) is 11.7. The Morgan fingerprint density at radius 2 is 1.00 bits per heavy atom. The molecular formula is C27H52Cl2O2Si4Zr. The van der Waals surface area contributed by atoms with Gasteiger partial charge in [-0.05, 0) is 0 Å². The molecule has 2 aliphatic rings. The normalized spacial score (nSPS) is 16.2. The maximum Gasteiger partial charge on any atom is -1.00 e. The third-order valence-electron chi connectivity index (χ3n) is 6.97. The van der Waals surface area contributed by atoms with E-state index in [1.54, 1.807) is 13.6 Å². The van der Waals surface area contributed by atoms with Gasteiger partial charge in [0.15, 0.2) is 0 Å². The van der Waals surface area contributed by atoms with Crippen molar-refractivity contribution in [2.45, 2.75) is 104 Å². The summed E-state index contributed by atoms with van der Waals surface area (Å²) < 4.78 is 17.8. The van der Waals surface area contributed by atoms with Gasteiger partial charge in [-0.2, -0.15) is 0 Å². The van der Waals surface area contributed by atoms with Gasteiger partial charge in [-0.3, -0.25) is 0 Å². The van der Waals surface area contributed by atoms with Crippen molar-refractivity contribution in [1.82, 2.24) is 0 Å². The van der Waals surface area contributed by atoms with E-state index in [9.17, 15) is 0 Å². The summed E-state index contributed by atoms with van der Waals surface area (Å²) in [7, 11) is -5.72. The van der Waals surface area contributed by atoms with Crippen LogP contribution in [0.4, 0.5) is 0 Å². The molecule has 0 amide bonds. The Balaban J connectivity index is 0.00000612. The van der Waals surface area contributed by atoms with Crippen LogP contribution < -0.4 is 24.8 Å². The zero-order valence-corrected chi connectivity index (χ0v) is 33.1. The van der Waals surface area contributed by atoms with Crippen LogP contribution in [0.5, 0.6) is 0 Å². The van der Waals surface area contributed by atoms with E-state index in [0.29, 0.717) is 0 Å². The van der Waals surface area contributed by atoms with Crippen molar-refractivity contribution in [2.75, 3.05) is 13.2 Å². The monoisotopic (exact) mass is 680 g/mol. The van der Waals surface area contributed by atoms with Crippen molar-refractivity contribution >= 4 is 36.0 Å². The number of hydrogen-bond donors (Lipinski definition) is 0. The Labute approximate surface area is 247 Å². The number of allylic oxidation sites excluding steroid dienone is 8. The Morgan fingerprint density at radius 3 is 1.28 bits per heavy atom. The van der Waals surface area contributed by atoms with Gasteiger partial charge in [0, 0.05) is 0 Å². The van der Waals surface area contributed by atoms with E-state index in [0.717, 1.165) is 13.2 Å². The van der Waals surface area contributed by atoms with E-state index >= 15 is 0 Å². The molecule has 0 bridgehead atoms. The number of rotatable bonds is 12. The second kappa shape index (κ2) is 14.6. The maximum atomic E-state index is 6.22. The standard InChI is InChI=1S/2C12H23OSi2.C3H6.2ClH.Zr/c2*1-14(2,3)13-10-11-15(4,5)12-8-6-7-9-12;1-3-2;;;/h2*8-9H,6,10-11H2,1-5H3;1-2H3;2*1H;/q;;;;;+2/p-2. The molecule has 206 valence electrons. The van der Waals surface area contributed by atoms with Crippen molar-refractivity contribution in [3.8, 4) is 0 Å². The molecule has 0 fully saturated rings. The molecule has 0 aromatic rings. The molecule has 0 aromatic heterocycles. The smallest absolute Gasteiger partial charge is 1.00 e. The largest absolute Gasteiger partial charge is 1.00 e. The average Bonchev–Trinajstić information content (AvgIpc) is 3.30. The summed E-state index contributed by atoms with van der Waals surface area (Å²) in [6.45, 7) is 30.7. The first-order valence-electron chi connectivity index (χ1n) is 13.2. The molecule has 2 aliphatic carbocycles. The van der Waals surface area contributed by atoms with E-state index in [1.165, 1.54) is 24.9 Å². The number of hydrogen-bond acceptors (Lipinski definition) is 2. The fraction of sp³-hybridized carbons (Fsp3) is 0.667. The Bertz CT molecular complexity index is 849. The van der Waals surface area contributed by atoms with Crippen molar-refractivity contribution < 1.29 is 54.9 Å². The second-order valence-corrected chi connectivity index (χ2v) is 39.8. The van der Waals surface area contributed by atoms with Gasteiger partial charge in [0.25, 0.3) is 0 Å². The molecule has 0 heterocycles. The van der Waals surface area contributed by atoms with Gasteiger partial charge in [-0.25, -0.2) is 0 Å². The summed E-state index contributed by atoms with van der Waals surface area (Å²) >= 11 is -1.92. The van der Waals surface area contributed by atoms with Gasteiger partial charge >= 0.3 is 225 Å². The Kier molecular flexibility index (Phi) is 15.1. The molecule has 36 heavy (non-hydrogen) atoms. The van der Waals surface area contributed by atoms with Crippen LogP contribution in [-0.2, 0) is 30.1 Å². The minimum atomic E-state index is -1.92. The van der Waals surface area contributed by atoms with Crippen LogP contribution in [0, 0.1) is 0 Å². The molecule has 0 N–H and O–H groups in total. The van der Waals surface area contributed by atoms with Crippen LogP contribution in [0.3, 0.4) is 0 Å². The van der Waals surface area contributed by atoms with Gasteiger partial charge in [0.1, 0.15) is 0 Å². The topological polar surface area (TPSA) is 18.5 Å². The minimum absolute atomic E-state index is 0. The van der Waals surface area contributed by atoms with Crippen molar-refractivity contribution in [3.63, 3.8) is 0 Å². The molecular weight excluding hydrogens is 631 g/mol. The van der Waals surface area contributed by atoms with E-state index < -0.39 is 54.0 Å². The first kappa shape index (κ1) is 37.1. The predicted octanol–water partition coefficient (Wildman–Crippen LogP) is 2.45. The summed E-state index contributed by atoms with van der Waals surface area (Å²) in [5.74, 6) is 0.